The lowest BCUT2D eigenvalue weighted by Gasteiger charge is -2.28. The van der Waals surface area contributed by atoms with E-state index in [0.717, 1.165) is 0 Å². The third-order valence-electron chi connectivity index (χ3n) is 2.71. The second kappa shape index (κ2) is 4.91. The molecule has 2 heteroatoms. The first-order chi connectivity index (χ1) is 5.95. The van der Waals surface area contributed by atoms with Crippen molar-refractivity contribution in [2.24, 2.45) is 11.3 Å². The number of rotatable bonds is 4. The molecule has 0 amide bonds. The molecule has 0 aromatic rings. The van der Waals surface area contributed by atoms with Crippen LogP contribution in [-0.4, -0.2) is 11.1 Å². The van der Waals surface area contributed by atoms with Crippen LogP contribution in [0.1, 0.15) is 40.5 Å². The van der Waals surface area contributed by atoms with Gasteiger partial charge in [-0.2, -0.15) is 0 Å². The van der Waals surface area contributed by atoms with Crippen LogP contribution < -0.4 is 0 Å². The second-order valence-corrected chi connectivity index (χ2v) is 3.80. The summed E-state index contributed by atoms with van der Waals surface area (Å²) in [6, 6.07) is 0. The fourth-order valence-electron chi connectivity index (χ4n) is 1.09. The van der Waals surface area contributed by atoms with Crippen molar-refractivity contribution in [1.82, 2.24) is 0 Å². The van der Waals surface area contributed by atoms with Crippen molar-refractivity contribution in [3.63, 3.8) is 0 Å². The van der Waals surface area contributed by atoms with Crippen molar-refractivity contribution in [2.75, 3.05) is 0 Å². The van der Waals surface area contributed by atoms with Gasteiger partial charge in [-0.05, 0) is 26.2 Å². The molecule has 0 aromatic carbocycles. The van der Waals surface area contributed by atoms with Gasteiger partial charge in [-0.15, -0.1) is 11.8 Å². The molecule has 0 radical (unpaired) electrons. The Morgan fingerprint density at radius 2 is 2.08 bits per heavy atom. The number of carbonyl (C=O) groups is 1. The van der Waals surface area contributed by atoms with Gasteiger partial charge < -0.3 is 5.11 Å². The first-order valence-electron chi connectivity index (χ1n) is 4.58. The summed E-state index contributed by atoms with van der Waals surface area (Å²) in [7, 11) is 0. The Hall–Kier alpha value is -0.970. The average molecular weight is 182 g/mol. The standard InChI is InChI=1S/C11H18O2/c1-5-6-7-8-11(4,9(2)3)10(12)13/h9H,7-8H2,1-4H3,(H,12,13). The fourth-order valence-corrected chi connectivity index (χ4v) is 1.09. The number of carboxylic acid groups (broad SMARTS) is 1. The Kier molecular flexibility index (Phi) is 4.55. The van der Waals surface area contributed by atoms with E-state index in [-0.39, 0.29) is 5.92 Å². The molecular formula is C11H18O2. The predicted octanol–water partition coefficient (Wildman–Crippen LogP) is 2.54. The first kappa shape index (κ1) is 12.0. The Morgan fingerprint density at radius 3 is 2.38 bits per heavy atom. The first-order valence-corrected chi connectivity index (χ1v) is 4.58. The second-order valence-electron chi connectivity index (χ2n) is 3.80. The third-order valence-corrected chi connectivity index (χ3v) is 2.71. The Bertz CT molecular complexity index is 232. The molecule has 1 unspecified atom stereocenters. The van der Waals surface area contributed by atoms with Crippen molar-refractivity contribution < 1.29 is 9.90 Å². The van der Waals surface area contributed by atoms with E-state index in [0.29, 0.717) is 12.8 Å². The molecule has 74 valence electrons. The summed E-state index contributed by atoms with van der Waals surface area (Å²) < 4.78 is 0. The number of hydrogen-bond acceptors (Lipinski definition) is 1. The number of aliphatic carboxylic acids is 1. The topological polar surface area (TPSA) is 37.3 Å². The van der Waals surface area contributed by atoms with E-state index >= 15 is 0 Å². The summed E-state index contributed by atoms with van der Waals surface area (Å²) >= 11 is 0. The molecule has 0 saturated carbocycles. The summed E-state index contributed by atoms with van der Waals surface area (Å²) in [5.74, 6) is 5.10. The van der Waals surface area contributed by atoms with Gasteiger partial charge in [-0.25, -0.2) is 0 Å². The highest BCUT2D eigenvalue weighted by Crippen LogP contribution is 2.32. The van der Waals surface area contributed by atoms with Crippen LogP contribution in [0.25, 0.3) is 0 Å². The molecule has 0 heterocycles. The summed E-state index contributed by atoms with van der Waals surface area (Å²) in [4.78, 5) is 11.0. The van der Waals surface area contributed by atoms with Crippen LogP contribution in [0, 0.1) is 23.2 Å². The molecule has 1 N–H and O–H groups in total. The number of carboxylic acids is 1. The molecule has 0 aliphatic rings. The molecule has 1 atom stereocenters. The zero-order chi connectivity index (χ0) is 10.5. The van der Waals surface area contributed by atoms with E-state index in [9.17, 15) is 4.79 Å². The molecule has 0 aliphatic carbocycles. The highest BCUT2D eigenvalue weighted by molar-refractivity contribution is 5.74. The van der Waals surface area contributed by atoms with Crippen LogP contribution in [0.3, 0.4) is 0 Å². The molecule has 0 aromatic heterocycles. The van der Waals surface area contributed by atoms with Crippen LogP contribution in [0.5, 0.6) is 0 Å². The van der Waals surface area contributed by atoms with Crippen LogP contribution in [0.4, 0.5) is 0 Å². The van der Waals surface area contributed by atoms with E-state index in [1.165, 1.54) is 0 Å². The lowest BCUT2D eigenvalue weighted by molar-refractivity contribution is -0.151. The molecule has 0 spiro atoms. The highest BCUT2D eigenvalue weighted by atomic mass is 16.4. The largest absolute Gasteiger partial charge is 0.481 e. The van der Waals surface area contributed by atoms with Gasteiger partial charge >= 0.3 is 5.97 Å². The molecule has 0 fully saturated rings. The fraction of sp³-hybridized carbons (Fsp3) is 0.727. The van der Waals surface area contributed by atoms with Crippen molar-refractivity contribution in [2.45, 2.75) is 40.5 Å². The average Bonchev–Trinajstić information content (AvgIpc) is 2.03. The third kappa shape index (κ3) is 3.10. The molecular weight excluding hydrogens is 164 g/mol. The maximum absolute atomic E-state index is 11.0. The molecule has 2 nitrogen and oxygen atoms in total. The minimum atomic E-state index is -0.722. The van der Waals surface area contributed by atoms with Gasteiger partial charge in [0.05, 0.1) is 5.41 Å². The smallest absolute Gasteiger partial charge is 0.309 e. The van der Waals surface area contributed by atoms with E-state index < -0.39 is 11.4 Å². The van der Waals surface area contributed by atoms with Crippen LogP contribution in [-0.2, 0) is 4.79 Å². The normalized spacial score (nSPS) is 14.5. The lowest BCUT2D eigenvalue weighted by atomic mass is 9.75. The van der Waals surface area contributed by atoms with Gasteiger partial charge in [0, 0.05) is 6.42 Å². The maximum Gasteiger partial charge on any atom is 0.309 e. The zero-order valence-corrected chi connectivity index (χ0v) is 8.85. The maximum atomic E-state index is 11.0. The molecule has 0 bridgehead atoms. The number of hydrogen-bond donors (Lipinski definition) is 1. The molecule has 0 saturated heterocycles. The lowest BCUT2D eigenvalue weighted by Crippen LogP contribution is -2.32. The summed E-state index contributed by atoms with van der Waals surface area (Å²) in [6.07, 6.45) is 1.29. The van der Waals surface area contributed by atoms with Gasteiger partial charge in [0.25, 0.3) is 0 Å². The molecule has 0 aliphatic heterocycles. The van der Waals surface area contributed by atoms with E-state index in [4.69, 9.17) is 5.11 Å². The van der Waals surface area contributed by atoms with E-state index in [1.807, 2.05) is 13.8 Å². The minimum Gasteiger partial charge on any atom is -0.481 e. The molecule has 13 heavy (non-hydrogen) atoms. The Labute approximate surface area is 80.3 Å². The van der Waals surface area contributed by atoms with Crippen LogP contribution >= 0.6 is 0 Å². The monoisotopic (exact) mass is 182 g/mol. The molecule has 0 rings (SSSR count). The van der Waals surface area contributed by atoms with Gasteiger partial charge in [0.1, 0.15) is 0 Å². The quantitative estimate of drug-likeness (QED) is 0.678. The predicted molar refractivity (Wildman–Crippen MR) is 53.3 cm³/mol. The van der Waals surface area contributed by atoms with Gasteiger partial charge in [-0.3, -0.25) is 4.79 Å². The van der Waals surface area contributed by atoms with Gasteiger partial charge in [0.15, 0.2) is 0 Å². The van der Waals surface area contributed by atoms with Gasteiger partial charge in [-0.1, -0.05) is 13.8 Å². The van der Waals surface area contributed by atoms with Crippen molar-refractivity contribution >= 4 is 5.97 Å². The van der Waals surface area contributed by atoms with E-state index in [1.54, 1.807) is 13.8 Å². The Balaban J connectivity index is 4.40. The van der Waals surface area contributed by atoms with Gasteiger partial charge in [0.2, 0.25) is 0 Å². The van der Waals surface area contributed by atoms with Crippen LogP contribution in [0.15, 0.2) is 0 Å². The zero-order valence-electron chi connectivity index (χ0n) is 8.85. The van der Waals surface area contributed by atoms with Crippen molar-refractivity contribution in [3.05, 3.63) is 0 Å². The summed E-state index contributed by atoms with van der Waals surface area (Å²) in [6.45, 7) is 7.44. The SMILES string of the molecule is CC#CCCC(C)(C(=O)O)C(C)C. The summed E-state index contributed by atoms with van der Waals surface area (Å²) in [5.41, 5.74) is -0.635. The highest BCUT2D eigenvalue weighted by Gasteiger charge is 2.35. The summed E-state index contributed by atoms with van der Waals surface area (Å²) in [5, 5.41) is 9.05. The minimum absolute atomic E-state index is 0.142. The van der Waals surface area contributed by atoms with E-state index in [2.05, 4.69) is 11.8 Å². The van der Waals surface area contributed by atoms with Crippen molar-refractivity contribution in [3.8, 4) is 11.8 Å². The van der Waals surface area contributed by atoms with Crippen molar-refractivity contribution in [1.29, 1.82) is 0 Å². The Morgan fingerprint density at radius 1 is 1.54 bits per heavy atom. The van der Waals surface area contributed by atoms with Crippen LogP contribution in [0.2, 0.25) is 0 Å².